The molecule has 3 rings (SSSR count). The normalized spacial score (nSPS) is 10.1. The number of hydrogen-bond acceptors (Lipinski definition) is 6. The van der Waals surface area contributed by atoms with Crippen LogP contribution in [0, 0.1) is 0 Å². The predicted octanol–water partition coefficient (Wildman–Crippen LogP) is 3.36. The highest BCUT2D eigenvalue weighted by atomic mass is 16.5. The number of ether oxygens (including phenoxy) is 2. The summed E-state index contributed by atoms with van der Waals surface area (Å²) in [5, 5.41) is 6.04. The molecule has 0 fully saturated rings. The maximum atomic E-state index is 12.6. The molecular weight excluding hydrogens is 344 g/mol. The van der Waals surface area contributed by atoms with Gasteiger partial charge in [-0.25, -0.2) is 0 Å². The Labute approximate surface area is 157 Å². The van der Waals surface area contributed by atoms with Gasteiger partial charge < -0.3 is 20.1 Å². The van der Waals surface area contributed by atoms with E-state index in [9.17, 15) is 4.79 Å². The number of carbonyl (C=O) groups excluding carboxylic acids is 1. The lowest BCUT2D eigenvalue weighted by Gasteiger charge is -2.12. The minimum atomic E-state index is -0.296. The summed E-state index contributed by atoms with van der Waals surface area (Å²) < 4.78 is 10.5. The molecule has 0 atom stereocenters. The van der Waals surface area contributed by atoms with Gasteiger partial charge in [-0.15, -0.1) is 0 Å². The van der Waals surface area contributed by atoms with Crippen LogP contribution in [0.25, 0.3) is 0 Å². The molecule has 0 saturated heterocycles. The van der Waals surface area contributed by atoms with E-state index in [1.165, 1.54) is 6.20 Å². The molecule has 0 bridgehead atoms. The number of carbonyl (C=O) groups is 1. The van der Waals surface area contributed by atoms with E-state index in [0.29, 0.717) is 29.3 Å². The first kappa shape index (κ1) is 18.2. The Bertz CT molecular complexity index is 916. The van der Waals surface area contributed by atoms with Gasteiger partial charge in [0, 0.05) is 24.7 Å². The van der Waals surface area contributed by atoms with E-state index >= 15 is 0 Å². The molecular formula is C20H20N4O3. The van der Waals surface area contributed by atoms with E-state index in [4.69, 9.17) is 9.47 Å². The second kappa shape index (κ2) is 8.66. The van der Waals surface area contributed by atoms with Gasteiger partial charge in [0.1, 0.15) is 11.5 Å². The van der Waals surface area contributed by atoms with Crippen molar-refractivity contribution < 1.29 is 14.3 Å². The van der Waals surface area contributed by atoms with Gasteiger partial charge in [-0.2, -0.15) is 0 Å². The Morgan fingerprint density at radius 3 is 2.70 bits per heavy atom. The Hall–Kier alpha value is -3.61. The van der Waals surface area contributed by atoms with Crippen LogP contribution in [0.3, 0.4) is 0 Å². The second-order valence-electron chi connectivity index (χ2n) is 5.66. The maximum absolute atomic E-state index is 12.6. The lowest BCUT2D eigenvalue weighted by molar-refractivity contribution is 0.102. The monoisotopic (exact) mass is 364 g/mol. The van der Waals surface area contributed by atoms with E-state index in [1.807, 2.05) is 18.2 Å². The number of benzene rings is 1. The summed E-state index contributed by atoms with van der Waals surface area (Å²) in [7, 11) is 3.11. The van der Waals surface area contributed by atoms with Gasteiger partial charge in [0.2, 0.25) is 0 Å². The number of pyridine rings is 2. The minimum absolute atomic E-state index is 0.296. The zero-order valence-electron chi connectivity index (χ0n) is 15.1. The molecule has 138 valence electrons. The van der Waals surface area contributed by atoms with Crippen molar-refractivity contribution in [1.82, 2.24) is 9.97 Å². The zero-order chi connectivity index (χ0) is 19.1. The summed E-state index contributed by atoms with van der Waals surface area (Å²) in [4.78, 5) is 21.0. The maximum Gasteiger partial charge on any atom is 0.257 e. The third kappa shape index (κ3) is 4.72. The van der Waals surface area contributed by atoms with Crippen molar-refractivity contribution in [2.45, 2.75) is 6.54 Å². The average Bonchev–Trinajstić information content (AvgIpc) is 2.73. The van der Waals surface area contributed by atoms with Crippen LogP contribution in [0.15, 0.2) is 61.1 Å². The lowest BCUT2D eigenvalue weighted by atomic mass is 10.2. The molecule has 0 unspecified atom stereocenters. The summed E-state index contributed by atoms with van der Waals surface area (Å²) in [6.07, 6.45) is 4.90. The first-order chi connectivity index (χ1) is 13.2. The molecule has 3 aromatic rings. The van der Waals surface area contributed by atoms with Crippen molar-refractivity contribution in [3.05, 3.63) is 72.3 Å². The first-order valence-corrected chi connectivity index (χ1v) is 8.32. The molecule has 1 amide bonds. The molecule has 2 heterocycles. The molecule has 0 aliphatic rings. The first-order valence-electron chi connectivity index (χ1n) is 8.32. The smallest absolute Gasteiger partial charge is 0.257 e. The highest BCUT2D eigenvalue weighted by Gasteiger charge is 2.12. The molecule has 0 radical (unpaired) electrons. The molecule has 0 spiro atoms. The molecule has 27 heavy (non-hydrogen) atoms. The molecule has 2 aromatic heterocycles. The third-order valence-electron chi connectivity index (χ3n) is 3.86. The highest BCUT2D eigenvalue weighted by Crippen LogP contribution is 2.29. The topological polar surface area (TPSA) is 85.4 Å². The fourth-order valence-corrected chi connectivity index (χ4v) is 2.46. The van der Waals surface area contributed by atoms with Gasteiger partial charge in [-0.3, -0.25) is 14.8 Å². The summed E-state index contributed by atoms with van der Waals surface area (Å²) in [5.74, 6) is 0.868. The van der Waals surface area contributed by atoms with Crippen LogP contribution < -0.4 is 20.1 Å². The van der Waals surface area contributed by atoms with Crippen LogP contribution >= 0.6 is 0 Å². The second-order valence-corrected chi connectivity index (χ2v) is 5.66. The van der Waals surface area contributed by atoms with Crippen LogP contribution in [0.4, 0.5) is 11.4 Å². The minimum Gasteiger partial charge on any atom is -0.497 e. The van der Waals surface area contributed by atoms with Gasteiger partial charge in [-0.1, -0.05) is 6.07 Å². The number of hydrogen-bond donors (Lipinski definition) is 2. The Morgan fingerprint density at radius 2 is 1.96 bits per heavy atom. The number of anilines is 2. The van der Waals surface area contributed by atoms with Gasteiger partial charge in [-0.05, 0) is 30.3 Å². The number of nitrogens with one attached hydrogen (secondary N) is 2. The molecule has 1 aromatic carbocycles. The summed E-state index contributed by atoms with van der Waals surface area (Å²) in [6, 6.07) is 12.6. The van der Waals surface area contributed by atoms with Crippen LogP contribution in [0.5, 0.6) is 11.5 Å². The third-order valence-corrected chi connectivity index (χ3v) is 3.86. The number of amides is 1. The lowest BCUT2D eigenvalue weighted by Crippen LogP contribution is -2.13. The van der Waals surface area contributed by atoms with Crippen molar-refractivity contribution in [3.63, 3.8) is 0 Å². The Kier molecular flexibility index (Phi) is 5.84. The summed E-state index contributed by atoms with van der Waals surface area (Å²) in [5.41, 5.74) is 2.57. The summed E-state index contributed by atoms with van der Waals surface area (Å²) >= 11 is 0. The van der Waals surface area contributed by atoms with Gasteiger partial charge in [0.15, 0.2) is 0 Å². The molecule has 0 saturated carbocycles. The van der Waals surface area contributed by atoms with Crippen LogP contribution in [0.1, 0.15) is 16.1 Å². The fourth-order valence-electron chi connectivity index (χ4n) is 2.46. The van der Waals surface area contributed by atoms with Gasteiger partial charge in [0.25, 0.3) is 5.91 Å². The van der Waals surface area contributed by atoms with Crippen molar-refractivity contribution >= 4 is 17.3 Å². The molecule has 0 aliphatic carbocycles. The standard InChI is InChI=1S/C20H20N4O3/c1-26-17-6-7-19(27-2)18(10-17)24-20(25)14-9-16(12-21-11-14)23-13-15-5-3-4-8-22-15/h3-12,23H,13H2,1-2H3,(H,24,25). The quantitative estimate of drug-likeness (QED) is 0.669. The summed E-state index contributed by atoms with van der Waals surface area (Å²) in [6.45, 7) is 0.539. The fraction of sp³-hybridized carbons (Fsp3) is 0.150. The molecule has 0 aliphatic heterocycles. The number of methoxy groups -OCH3 is 2. The molecule has 2 N–H and O–H groups in total. The van der Waals surface area contributed by atoms with Crippen molar-refractivity contribution in [2.24, 2.45) is 0 Å². The SMILES string of the molecule is COc1ccc(OC)c(NC(=O)c2cncc(NCc3ccccn3)c2)c1. The molecule has 7 nitrogen and oxygen atoms in total. The zero-order valence-corrected chi connectivity index (χ0v) is 15.1. The number of rotatable bonds is 7. The number of nitrogens with zero attached hydrogens (tertiary/aromatic N) is 2. The van der Waals surface area contributed by atoms with Crippen LogP contribution in [0.2, 0.25) is 0 Å². The average molecular weight is 364 g/mol. The Morgan fingerprint density at radius 1 is 1.07 bits per heavy atom. The predicted molar refractivity (Wildman–Crippen MR) is 103 cm³/mol. The highest BCUT2D eigenvalue weighted by molar-refractivity contribution is 6.05. The van der Waals surface area contributed by atoms with Crippen LogP contribution in [-0.4, -0.2) is 30.1 Å². The van der Waals surface area contributed by atoms with E-state index in [0.717, 1.165) is 11.4 Å². The van der Waals surface area contributed by atoms with Gasteiger partial charge >= 0.3 is 0 Å². The van der Waals surface area contributed by atoms with Crippen molar-refractivity contribution in [3.8, 4) is 11.5 Å². The van der Waals surface area contributed by atoms with E-state index in [-0.39, 0.29) is 5.91 Å². The van der Waals surface area contributed by atoms with Crippen molar-refractivity contribution in [2.75, 3.05) is 24.9 Å². The largest absolute Gasteiger partial charge is 0.497 e. The number of aromatic nitrogens is 2. The Balaban J connectivity index is 1.72. The molecule has 7 heteroatoms. The van der Waals surface area contributed by atoms with Gasteiger partial charge in [0.05, 0.1) is 43.4 Å². The van der Waals surface area contributed by atoms with Crippen molar-refractivity contribution in [1.29, 1.82) is 0 Å². The van der Waals surface area contributed by atoms with E-state index in [1.54, 1.807) is 50.9 Å². The van der Waals surface area contributed by atoms with E-state index < -0.39 is 0 Å². The van der Waals surface area contributed by atoms with E-state index in [2.05, 4.69) is 20.6 Å². The van der Waals surface area contributed by atoms with Crippen LogP contribution in [-0.2, 0) is 6.54 Å².